The molecule has 2 rings (SSSR count). The van der Waals surface area contributed by atoms with Gasteiger partial charge in [-0.15, -0.1) is 11.3 Å². The molecule has 0 radical (unpaired) electrons. The lowest BCUT2D eigenvalue weighted by atomic mass is 10.2. The van der Waals surface area contributed by atoms with Crippen molar-refractivity contribution >= 4 is 28.1 Å². The van der Waals surface area contributed by atoms with Gasteiger partial charge in [0, 0.05) is 17.0 Å². The zero-order valence-electron chi connectivity index (χ0n) is 11.3. The number of nitro benzene ring substituents is 1. The van der Waals surface area contributed by atoms with Crippen molar-refractivity contribution in [3.63, 3.8) is 0 Å². The van der Waals surface area contributed by atoms with Crippen molar-refractivity contribution < 1.29 is 14.1 Å². The van der Waals surface area contributed by atoms with Crippen LogP contribution in [0.15, 0.2) is 23.6 Å². The minimum atomic E-state index is -0.979. The van der Waals surface area contributed by atoms with Gasteiger partial charge in [-0.05, 0) is 18.1 Å². The lowest BCUT2D eigenvalue weighted by Gasteiger charge is -2.02. The smallest absolute Gasteiger partial charge is 0.298 e. The quantitative estimate of drug-likeness (QED) is 0.691. The number of nitro groups is 1. The van der Waals surface area contributed by atoms with Crippen LogP contribution >= 0.6 is 11.3 Å². The summed E-state index contributed by atoms with van der Waals surface area (Å²) in [4.78, 5) is 26.0. The molecule has 8 heteroatoms. The summed E-state index contributed by atoms with van der Waals surface area (Å²) in [6.07, 6.45) is 0. The molecule has 0 saturated carbocycles. The molecule has 1 aromatic heterocycles. The summed E-state index contributed by atoms with van der Waals surface area (Å²) in [6, 6.07) is 2.99. The number of hydrogen-bond donors (Lipinski definition) is 1. The van der Waals surface area contributed by atoms with Gasteiger partial charge >= 0.3 is 5.69 Å². The molecule has 2 aromatic rings. The third kappa shape index (κ3) is 3.40. The van der Waals surface area contributed by atoms with Crippen molar-refractivity contribution in [1.82, 2.24) is 4.98 Å². The van der Waals surface area contributed by atoms with Gasteiger partial charge in [0.05, 0.1) is 10.6 Å². The maximum absolute atomic E-state index is 13.2. The monoisotopic (exact) mass is 309 g/mol. The Bertz CT molecular complexity index is 700. The first kappa shape index (κ1) is 15.0. The van der Waals surface area contributed by atoms with Crippen LogP contribution in [0.1, 0.15) is 35.8 Å². The Morgan fingerprint density at radius 2 is 2.19 bits per heavy atom. The number of carbonyl (C=O) groups is 1. The second kappa shape index (κ2) is 5.96. The predicted octanol–water partition coefficient (Wildman–Crippen LogP) is 3.57. The number of nitrogens with zero attached hydrogens (tertiary/aromatic N) is 2. The molecule has 1 aromatic carbocycles. The van der Waals surface area contributed by atoms with Crippen LogP contribution in [-0.4, -0.2) is 15.8 Å². The van der Waals surface area contributed by atoms with E-state index in [4.69, 9.17) is 0 Å². The first-order valence-corrected chi connectivity index (χ1v) is 6.97. The zero-order chi connectivity index (χ0) is 15.6. The van der Waals surface area contributed by atoms with Crippen molar-refractivity contribution in [3.05, 3.63) is 50.8 Å². The van der Waals surface area contributed by atoms with E-state index in [0.29, 0.717) is 5.13 Å². The van der Waals surface area contributed by atoms with Gasteiger partial charge in [-0.3, -0.25) is 20.2 Å². The summed E-state index contributed by atoms with van der Waals surface area (Å²) in [5, 5.41) is 15.4. The molecule has 0 unspecified atom stereocenters. The van der Waals surface area contributed by atoms with E-state index in [1.54, 1.807) is 0 Å². The maximum Gasteiger partial charge on any atom is 0.305 e. The molecule has 0 saturated heterocycles. The van der Waals surface area contributed by atoms with Gasteiger partial charge in [0.15, 0.2) is 5.13 Å². The van der Waals surface area contributed by atoms with E-state index < -0.39 is 22.3 Å². The van der Waals surface area contributed by atoms with Crippen LogP contribution in [0.4, 0.5) is 15.2 Å². The highest BCUT2D eigenvalue weighted by molar-refractivity contribution is 7.14. The van der Waals surface area contributed by atoms with Gasteiger partial charge < -0.3 is 0 Å². The highest BCUT2D eigenvalue weighted by Gasteiger charge is 2.18. The molecule has 0 aliphatic heterocycles. The van der Waals surface area contributed by atoms with E-state index in [2.05, 4.69) is 10.3 Å². The largest absolute Gasteiger partial charge is 0.305 e. The van der Waals surface area contributed by atoms with Gasteiger partial charge in [-0.2, -0.15) is 4.39 Å². The Hall–Kier alpha value is -2.35. The number of carbonyl (C=O) groups excluding carboxylic acids is 1. The third-order valence-electron chi connectivity index (χ3n) is 2.74. The van der Waals surface area contributed by atoms with Gasteiger partial charge in [0.25, 0.3) is 5.91 Å². The SMILES string of the molecule is CC(C)c1csc(NC(=O)c2ccc(F)c([N+](=O)[O-])c2)n1. The molecule has 0 bridgehead atoms. The summed E-state index contributed by atoms with van der Waals surface area (Å²) in [5.41, 5.74) is 0.120. The normalized spacial score (nSPS) is 10.7. The van der Waals surface area contributed by atoms with Crippen molar-refractivity contribution in [3.8, 4) is 0 Å². The number of thiazole rings is 1. The number of aromatic nitrogens is 1. The first-order valence-electron chi connectivity index (χ1n) is 6.09. The molecule has 6 nitrogen and oxygen atoms in total. The molecule has 0 aliphatic carbocycles. The zero-order valence-corrected chi connectivity index (χ0v) is 12.1. The van der Waals surface area contributed by atoms with E-state index in [1.165, 1.54) is 17.4 Å². The van der Waals surface area contributed by atoms with Crippen LogP contribution in [-0.2, 0) is 0 Å². The van der Waals surface area contributed by atoms with E-state index in [0.717, 1.165) is 17.8 Å². The van der Waals surface area contributed by atoms with Crippen LogP contribution < -0.4 is 5.32 Å². The second-order valence-corrected chi connectivity index (χ2v) is 5.47. The fraction of sp³-hybridized carbons (Fsp3) is 0.231. The molecule has 0 spiro atoms. The lowest BCUT2D eigenvalue weighted by Crippen LogP contribution is -2.12. The topological polar surface area (TPSA) is 85.1 Å². The number of rotatable bonds is 4. The van der Waals surface area contributed by atoms with E-state index in [-0.39, 0.29) is 11.5 Å². The Morgan fingerprint density at radius 3 is 2.76 bits per heavy atom. The molecule has 1 N–H and O–H groups in total. The first-order chi connectivity index (χ1) is 9.88. The summed E-state index contributed by atoms with van der Waals surface area (Å²) >= 11 is 1.26. The van der Waals surface area contributed by atoms with Crippen LogP contribution in [0.25, 0.3) is 0 Å². The van der Waals surface area contributed by atoms with Crippen LogP contribution in [0.2, 0.25) is 0 Å². The number of halogens is 1. The molecule has 0 atom stereocenters. The van der Waals surface area contributed by atoms with Gasteiger partial charge in [0.2, 0.25) is 5.82 Å². The van der Waals surface area contributed by atoms with Gasteiger partial charge in [-0.25, -0.2) is 4.98 Å². The number of hydrogen-bond acceptors (Lipinski definition) is 5. The number of nitrogens with one attached hydrogen (secondary N) is 1. The Morgan fingerprint density at radius 1 is 1.48 bits per heavy atom. The highest BCUT2D eigenvalue weighted by atomic mass is 32.1. The molecule has 1 amide bonds. The predicted molar refractivity (Wildman–Crippen MR) is 77.2 cm³/mol. The van der Waals surface area contributed by atoms with Gasteiger partial charge in [0.1, 0.15) is 0 Å². The molecule has 110 valence electrons. The average Bonchev–Trinajstić information content (AvgIpc) is 2.87. The Kier molecular flexibility index (Phi) is 4.27. The third-order valence-corrected chi connectivity index (χ3v) is 3.51. The van der Waals surface area contributed by atoms with E-state index in [9.17, 15) is 19.3 Å². The fourth-order valence-corrected chi connectivity index (χ4v) is 2.44. The van der Waals surface area contributed by atoms with Crippen molar-refractivity contribution in [2.24, 2.45) is 0 Å². The standard InChI is InChI=1S/C13H12FN3O3S/c1-7(2)10-6-21-13(15-10)16-12(18)8-3-4-9(14)11(5-8)17(19)20/h3-7H,1-2H3,(H,15,16,18). The molecule has 0 aliphatic rings. The summed E-state index contributed by atoms with van der Waals surface area (Å²) in [6.45, 7) is 3.95. The van der Waals surface area contributed by atoms with Gasteiger partial charge in [-0.1, -0.05) is 13.8 Å². The van der Waals surface area contributed by atoms with Crippen molar-refractivity contribution in [1.29, 1.82) is 0 Å². The lowest BCUT2D eigenvalue weighted by molar-refractivity contribution is -0.387. The molecular weight excluding hydrogens is 297 g/mol. The minimum Gasteiger partial charge on any atom is -0.298 e. The fourth-order valence-electron chi connectivity index (χ4n) is 1.57. The summed E-state index contributed by atoms with van der Waals surface area (Å²) < 4.78 is 13.2. The summed E-state index contributed by atoms with van der Waals surface area (Å²) in [7, 11) is 0. The highest BCUT2D eigenvalue weighted by Crippen LogP contribution is 2.23. The summed E-state index contributed by atoms with van der Waals surface area (Å²) in [5.74, 6) is -1.31. The van der Waals surface area contributed by atoms with Crippen LogP contribution in [0.3, 0.4) is 0 Å². The Balaban J connectivity index is 2.20. The number of amides is 1. The Labute approximate surface area is 123 Å². The molecule has 21 heavy (non-hydrogen) atoms. The maximum atomic E-state index is 13.2. The molecular formula is C13H12FN3O3S. The van der Waals surface area contributed by atoms with E-state index in [1.807, 2.05) is 19.2 Å². The van der Waals surface area contributed by atoms with E-state index >= 15 is 0 Å². The molecule has 1 heterocycles. The number of benzene rings is 1. The number of anilines is 1. The average molecular weight is 309 g/mol. The minimum absolute atomic E-state index is 0.00407. The van der Waals surface area contributed by atoms with Crippen molar-refractivity contribution in [2.75, 3.05) is 5.32 Å². The second-order valence-electron chi connectivity index (χ2n) is 4.61. The van der Waals surface area contributed by atoms with Crippen LogP contribution in [0.5, 0.6) is 0 Å². The van der Waals surface area contributed by atoms with Crippen molar-refractivity contribution in [2.45, 2.75) is 19.8 Å². The molecule has 0 fully saturated rings. The van der Waals surface area contributed by atoms with Crippen LogP contribution in [0, 0.1) is 15.9 Å².